The predicted octanol–water partition coefficient (Wildman–Crippen LogP) is 5.34. The van der Waals surface area contributed by atoms with Crippen LogP contribution < -0.4 is 0 Å². The summed E-state index contributed by atoms with van der Waals surface area (Å²) in [7, 11) is 0. The van der Waals surface area contributed by atoms with Gasteiger partial charge in [-0.3, -0.25) is 9.80 Å². The molecule has 2 fully saturated rings. The van der Waals surface area contributed by atoms with Crippen molar-refractivity contribution < 1.29 is 0 Å². The van der Waals surface area contributed by atoms with Crippen LogP contribution in [0.1, 0.15) is 58.8 Å². The third-order valence-corrected chi connectivity index (χ3v) is 8.00. The first-order chi connectivity index (χ1) is 13.7. The zero-order chi connectivity index (χ0) is 19.5. The second-order valence-corrected chi connectivity index (χ2v) is 9.89. The average Bonchev–Trinajstić information content (AvgIpc) is 2.73. The molecule has 0 N–H and O–H groups in total. The molecule has 28 heavy (non-hydrogen) atoms. The largest absolute Gasteiger partial charge is 0.300 e. The van der Waals surface area contributed by atoms with Gasteiger partial charge in [0.1, 0.15) is 0 Å². The van der Waals surface area contributed by atoms with Crippen LogP contribution in [0, 0.1) is 17.8 Å². The Labute approximate surface area is 178 Å². The number of hydrogen-bond donors (Lipinski definition) is 1. The molecule has 1 saturated heterocycles. The van der Waals surface area contributed by atoms with Gasteiger partial charge in [-0.2, -0.15) is 12.6 Å². The highest BCUT2D eigenvalue weighted by Gasteiger charge is 2.38. The van der Waals surface area contributed by atoms with Crippen LogP contribution in [0.3, 0.4) is 0 Å². The van der Waals surface area contributed by atoms with E-state index in [0.29, 0.717) is 0 Å². The van der Waals surface area contributed by atoms with Crippen LogP contribution >= 0.6 is 12.6 Å². The van der Waals surface area contributed by atoms with E-state index in [-0.39, 0.29) is 0 Å². The fraction of sp³-hybridized carbons (Fsp3) is 0.760. The highest BCUT2D eigenvalue weighted by atomic mass is 32.1. The number of nitrogens with zero attached hydrogens (tertiary/aromatic N) is 2. The molecule has 0 aromatic heterocycles. The van der Waals surface area contributed by atoms with E-state index in [4.69, 9.17) is 0 Å². The summed E-state index contributed by atoms with van der Waals surface area (Å²) in [6, 6.07) is 0.800. The van der Waals surface area contributed by atoms with Gasteiger partial charge in [0.05, 0.1) is 0 Å². The zero-order valence-electron chi connectivity index (χ0n) is 18.1. The van der Waals surface area contributed by atoms with Crippen molar-refractivity contribution in [2.45, 2.75) is 64.8 Å². The third kappa shape index (κ3) is 4.32. The summed E-state index contributed by atoms with van der Waals surface area (Å²) < 4.78 is 0. The third-order valence-electron chi connectivity index (χ3n) is 7.80. The maximum atomic E-state index is 4.44. The first-order valence-corrected chi connectivity index (χ1v) is 12.6. The highest BCUT2D eigenvalue weighted by molar-refractivity contribution is 7.80. The van der Waals surface area contributed by atoms with E-state index in [9.17, 15) is 0 Å². The minimum atomic E-state index is 0.747. The quantitative estimate of drug-likeness (QED) is 0.622. The standard InChI is InChI=1S/C25H40N2S/c1-3-20-15-19(17-22-9-6-11-27(4-2)25(20)22)16-21-7-5-8-23-18-26(13-14-28)12-10-24(21)23/h10,15-16,20,22-23,25,28H,3-9,11-14,17-18H2,1-2H3/b21-16+. The van der Waals surface area contributed by atoms with Gasteiger partial charge in [-0.25, -0.2) is 0 Å². The molecule has 156 valence electrons. The van der Waals surface area contributed by atoms with E-state index in [1.807, 2.05) is 0 Å². The topological polar surface area (TPSA) is 6.48 Å². The van der Waals surface area contributed by atoms with Crippen molar-refractivity contribution in [1.29, 1.82) is 0 Å². The van der Waals surface area contributed by atoms with Gasteiger partial charge in [-0.05, 0) is 86.9 Å². The molecule has 0 amide bonds. The average molecular weight is 401 g/mol. The van der Waals surface area contributed by atoms with Crippen molar-refractivity contribution >= 4 is 12.6 Å². The van der Waals surface area contributed by atoms with Gasteiger partial charge in [0.2, 0.25) is 0 Å². The smallest absolute Gasteiger partial charge is 0.0189 e. The Hall–Kier alpha value is -0.510. The van der Waals surface area contributed by atoms with Gasteiger partial charge in [0.25, 0.3) is 0 Å². The lowest BCUT2D eigenvalue weighted by atomic mass is 9.71. The molecule has 4 rings (SSSR count). The van der Waals surface area contributed by atoms with E-state index >= 15 is 0 Å². The number of fused-ring (bicyclic) bond motifs is 2. The molecule has 0 radical (unpaired) electrons. The lowest BCUT2D eigenvalue weighted by molar-refractivity contribution is 0.0600. The predicted molar refractivity (Wildman–Crippen MR) is 124 cm³/mol. The number of hydrogen-bond acceptors (Lipinski definition) is 3. The molecule has 4 atom stereocenters. The minimum Gasteiger partial charge on any atom is -0.300 e. The number of rotatable bonds is 5. The van der Waals surface area contributed by atoms with Gasteiger partial charge in [-0.1, -0.05) is 37.6 Å². The molecule has 2 aliphatic heterocycles. The number of allylic oxidation sites excluding steroid dienone is 3. The molecule has 0 aromatic carbocycles. The Morgan fingerprint density at radius 2 is 2.11 bits per heavy atom. The molecule has 2 nitrogen and oxygen atoms in total. The summed E-state index contributed by atoms with van der Waals surface area (Å²) in [4.78, 5) is 5.36. The van der Waals surface area contributed by atoms with E-state index < -0.39 is 0 Å². The number of piperidine rings is 1. The first kappa shape index (κ1) is 20.8. The molecule has 0 spiro atoms. The van der Waals surface area contributed by atoms with Gasteiger partial charge in [-0.15, -0.1) is 0 Å². The van der Waals surface area contributed by atoms with Gasteiger partial charge in [0.15, 0.2) is 0 Å². The van der Waals surface area contributed by atoms with Crippen molar-refractivity contribution in [3.8, 4) is 0 Å². The van der Waals surface area contributed by atoms with Gasteiger partial charge >= 0.3 is 0 Å². The molecule has 0 bridgehead atoms. The summed E-state index contributed by atoms with van der Waals surface area (Å²) in [6.45, 7) is 10.8. The summed E-state index contributed by atoms with van der Waals surface area (Å²) >= 11 is 4.44. The van der Waals surface area contributed by atoms with Crippen LogP contribution in [0.4, 0.5) is 0 Å². The Morgan fingerprint density at radius 3 is 2.89 bits per heavy atom. The summed E-state index contributed by atoms with van der Waals surface area (Å²) in [5.41, 5.74) is 5.02. The zero-order valence-corrected chi connectivity index (χ0v) is 19.0. The molecule has 2 heterocycles. The molecular formula is C25H40N2S. The van der Waals surface area contributed by atoms with Crippen LogP contribution in [0.25, 0.3) is 0 Å². The summed E-state index contributed by atoms with van der Waals surface area (Å²) in [5.74, 6) is 3.36. The number of likely N-dealkylation sites (tertiary alicyclic amines) is 1. The lowest BCUT2D eigenvalue weighted by Gasteiger charge is -2.47. The molecule has 0 aromatic rings. The molecular weight excluding hydrogens is 360 g/mol. The highest BCUT2D eigenvalue weighted by Crippen LogP contribution is 2.42. The van der Waals surface area contributed by atoms with Crippen LogP contribution in [-0.2, 0) is 0 Å². The van der Waals surface area contributed by atoms with E-state index in [1.165, 1.54) is 64.6 Å². The van der Waals surface area contributed by atoms with Crippen molar-refractivity contribution in [3.05, 3.63) is 34.9 Å². The van der Waals surface area contributed by atoms with Crippen LogP contribution in [0.5, 0.6) is 0 Å². The minimum absolute atomic E-state index is 0.747. The van der Waals surface area contributed by atoms with Crippen LogP contribution in [-0.4, -0.2) is 54.3 Å². The number of thiol groups is 1. The van der Waals surface area contributed by atoms with Crippen molar-refractivity contribution in [2.24, 2.45) is 17.8 Å². The maximum Gasteiger partial charge on any atom is 0.0189 e. The van der Waals surface area contributed by atoms with Gasteiger partial charge in [0, 0.05) is 31.4 Å². The second kappa shape index (κ2) is 9.53. The Morgan fingerprint density at radius 1 is 1.21 bits per heavy atom. The lowest BCUT2D eigenvalue weighted by Crippen LogP contribution is -2.50. The Balaban J connectivity index is 1.55. The SMILES string of the molecule is CCC1C=C(/C=C2\CCCC3CN(CCS)CC=C23)CC2CCCN(CC)C12. The normalized spacial score (nSPS) is 35.9. The molecule has 4 unspecified atom stereocenters. The van der Waals surface area contributed by atoms with Gasteiger partial charge < -0.3 is 0 Å². The van der Waals surface area contributed by atoms with E-state index in [2.05, 4.69) is 54.5 Å². The summed E-state index contributed by atoms with van der Waals surface area (Å²) in [5, 5.41) is 0. The monoisotopic (exact) mass is 400 g/mol. The second-order valence-electron chi connectivity index (χ2n) is 9.44. The molecule has 2 aliphatic carbocycles. The molecule has 3 heteroatoms. The maximum absolute atomic E-state index is 4.44. The first-order valence-electron chi connectivity index (χ1n) is 11.9. The van der Waals surface area contributed by atoms with E-state index in [0.717, 1.165) is 42.6 Å². The van der Waals surface area contributed by atoms with Crippen molar-refractivity contribution in [1.82, 2.24) is 9.80 Å². The van der Waals surface area contributed by atoms with E-state index in [1.54, 1.807) is 16.7 Å². The van der Waals surface area contributed by atoms with Crippen LogP contribution in [0.15, 0.2) is 34.9 Å². The van der Waals surface area contributed by atoms with Crippen molar-refractivity contribution in [3.63, 3.8) is 0 Å². The fourth-order valence-corrected chi connectivity index (χ4v) is 6.79. The molecule has 4 aliphatic rings. The molecule has 1 saturated carbocycles. The van der Waals surface area contributed by atoms with Crippen LogP contribution in [0.2, 0.25) is 0 Å². The summed E-state index contributed by atoms with van der Waals surface area (Å²) in [6.07, 6.45) is 17.3. The fourth-order valence-electron chi connectivity index (χ4n) is 6.50. The van der Waals surface area contributed by atoms with Crippen molar-refractivity contribution in [2.75, 3.05) is 38.5 Å². The Bertz CT molecular complexity index is 634. The Kier molecular flexibility index (Phi) is 7.07.